The molecule has 0 radical (unpaired) electrons. The Morgan fingerprint density at radius 1 is 1.16 bits per heavy atom. The number of carboxylic acid groups (broad SMARTS) is 1. The van der Waals surface area contributed by atoms with Crippen molar-refractivity contribution in [1.29, 1.82) is 0 Å². The van der Waals surface area contributed by atoms with Gasteiger partial charge in [0.2, 0.25) is 5.91 Å². The highest BCUT2D eigenvalue weighted by molar-refractivity contribution is 6.30. The van der Waals surface area contributed by atoms with Crippen molar-refractivity contribution in [2.75, 3.05) is 13.1 Å². The van der Waals surface area contributed by atoms with Crippen LogP contribution in [0.1, 0.15) is 56.2 Å². The Hall–Kier alpha value is -2.08. The maximum absolute atomic E-state index is 13.6. The lowest BCUT2D eigenvalue weighted by Crippen LogP contribution is -2.51. The second kappa shape index (κ2) is 11.2. The fraction of sp³-hybridized carbons (Fsp3) is 0.440. The molecule has 2 aromatic rings. The summed E-state index contributed by atoms with van der Waals surface area (Å²) in [6.07, 6.45) is 1.04. The highest BCUT2D eigenvalue weighted by atomic mass is 35.5. The highest BCUT2D eigenvalue weighted by Gasteiger charge is 2.45. The Morgan fingerprint density at radius 3 is 2.50 bits per heavy atom. The molecule has 1 heterocycles. The van der Waals surface area contributed by atoms with Crippen molar-refractivity contribution < 1.29 is 14.7 Å². The van der Waals surface area contributed by atoms with Crippen LogP contribution in [0.25, 0.3) is 0 Å². The maximum Gasteiger partial charge on any atom is 0.304 e. The lowest BCUT2D eigenvalue weighted by Gasteiger charge is -2.47. The van der Waals surface area contributed by atoms with E-state index in [4.69, 9.17) is 23.2 Å². The van der Waals surface area contributed by atoms with Gasteiger partial charge < -0.3 is 15.3 Å². The summed E-state index contributed by atoms with van der Waals surface area (Å²) in [5, 5.41) is 14.1. The van der Waals surface area contributed by atoms with E-state index >= 15 is 0 Å². The lowest BCUT2D eigenvalue weighted by atomic mass is 9.74. The van der Waals surface area contributed by atoms with E-state index in [1.54, 1.807) is 0 Å². The quantitative estimate of drug-likeness (QED) is 0.466. The molecule has 0 saturated carbocycles. The first kappa shape index (κ1) is 24.6. The van der Waals surface area contributed by atoms with Crippen LogP contribution in [0.5, 0.6) is 0 Å². The van der Waals surface area contributed by atoms with E-state index in [1.165, 1.54) is 0 Å². The highest BCUT2D eigenvalue weighted by Crippen LogP contribution is 2.47. The Morgan fingerprint density at radius 2 is 1.88 bits per heavy atom. The van der Waals surface area contributed by atoms with Gasteiger partial charge >= 0.3 is 5.97 Å². The molecule has 7 heteroatoms. The predicted octanol–water partition coefficient (Wildman–Crippen LogP) is 5.53. The Balaban J connectivity index is 2.09. The van der Waals surface area contributed by atoms with E-state index < -0.39 is 11.9 Å². The van der Waals surface area contributed by atoms with Crippen molar-refractivity contribution in [2.45, 2.75) is 51.1 Å². The Bertz CT molecular complexity index is 935. The second-order valence-electron chi connectivity index (χ2n) is 8.43. The molecule has 0 aliphatic carbocycles. The average Bonchev–Trinajstić information content (AvgIpc) is 2.75. The fourth-order valence-electron chi connectivity index (χ4n) is 4.69. The number of carbonyl (C=O) groups is 2. The lowest BCUT2D eigenvalue weighted by molar-refractivity contribution is -0.152. The van der Waals surface area contributed by atoms with Crippen LogP contribution in [0, 0.1) is 5.92 Å². The summed E-state index contributed by atoms with van der Waals surface area (Å²) < 4.78 is 0. The van der Waals surface area contributed by atoms with Crippen LogP contribution in [-0.4, -0.2) is 41.0 Å². The third kappa shape index (κ3) is 5.83. The van der Waals surface area contributed by atoms with Crippen molar-refractivity contribution in [2.24, 2.45) is 5.92 Å². The number of aliphatic carboxylic acids is 1. The molecule has 5 nitrogen and oxygen atoms in total. The molecule has 0 spiro atoms. The largest absolute Gasteiger partial charge is 0.481 e. The van der Waals surface area contributed by atoms with Crippen molar-refractivity contribution in [1.82, 2.24) is 10.2 Å². The zero-order valence-electron chi connectivity index (χ0n) is 18.4. The van der Waals surface area contributed by atoms with Gasteiger partial charge in [-0.05, 0) is 68.2 Å². The predicted molar refractivity (Wildman–Crippen MR) is 128 cm³/mol. The minimum absolute atomic E-state index is 0.0690. The number of amides is 1. The van der Waals surface area contributed by atoms with Gasteiger partial charge in [0.15, 0.2) is 0 Å². The number of piperidine rings is 1. The van der Waals surface area contributed by atoms with E-state index in [0.717, 1.165) is 30.6 Å². The van der Waals surface area contributed by atoms with Gasteiger partial charge in [-0.2, -0.15) is 0 Å². The number of benzene rings is 2. The Labute approximate surface area is 199 Å². The van der Waals surface area contributed by atoms with Gasteiger partial charge in [0.1, 0.15) is 0 Å². The number of carbonyl (C=O) groups excluding carboxylic acids is 1. The van der Waals surface area contributed by atoms with Gasteiger partial charge in [-0.15, -0.1) is 0 Å². The molecule has 32 heavy (non-hydrogen) atoms. The van der Waals surface area contributed by atoms with Gasteiger partial charge in [-0.25, -0.2) is 0 Å². The smallest absolute Gasteiger partial charge is 0.304 e. The number of rotatable bonds is 9. The van der Waals surface area contributed by atoms with Gasteiger partial charge in [-0.3, -0.25) is 9.59 Å². The zero-order valence-corrected chi connectivity index (χ0v) is 19.9. The van der Waals surface area contributed by atoms with E-state index in [0.29, 0.717) is 16.5 Å². The summed E-state index contributed by atoms with van der Waals surface area (Å²) in [5.74, 6) is -1.73. The number of halogens is 2. The first-order valence-electron chi connectivity index (χ1n) is 11.1. The summed E-state index contributed by atoms with van der Waals surface area (Å²) in [6.45, 7) is 5.72. The standard InChI is InChI=1S/C25H30Cl2N2O3/c1-3-28-12-11-16(2)29-24(17-7-9-20(26)10-8-17)22(18-5-4-6-21(27)13-18)14-19(25(29)32)15-23(30)31/h4-10,13,16,19,22,24,28H,3,11-12,14-15H2,1-2H3,(H,30,31). The van der Waals surface area contributed by atoms with Crippen LogP contribution >= 0.6 is 23.2 Å². The zero-order chi connectivity index (χ0) is 23.3. The van der Waals surface area contributed by atoms with E-state index in [-0.39, 0.29) is 30.3 Å². The van der Waals surface area contributed by atoms with Crippen molar-refractivity contribution in [3.8, 4) is 0 Å². The number of nitrogens with zero attached hydrogens (tertiary/aromatic N) is 1. The van der Waals surface area contributed by atoms with Crippen molar-refractivity contribution in [3.05, 3.63) is 69.7 Å². The second-order valence-corrected chi connectivity index (χ2v) is 9.30. The molecule has 4 atom stereocenters. The van der Waals surface area contributed by atoms with Crippen LogP contribution in [0.2, 0.25) is 10.0 Å². The summed E-state index contributed by atoms with van der Waals surface area (Å²) in [5.41, 5.74) is 1.99. The van der Waals surface area contributed by atoms with E-state index in [9.17, 15) is 14.7 Å². The Kier molecular flexibility index (Phi) is 8.57. The number of nitrogens with one attached hydrogen (secondary N) is 1. The van der Waals surface area contributed by atoms with Crippen LogP contribution in [0.15, 0.2) is 48.5 Å². The first-order chi connectivity index (χ1) is 15.3. The van der Waals surface area contributed by atoms with Crippen molar-refractivity contribution >= 4 is 35.1 Å². The van der Waals surface area contributed by atoms with Crippen LogP contribution < -0.4 is 5.32 Å². The molecular weight excluding hydrogens is 447 g/mol. The van der Waals surface area contributed by atoms with Crippen LogP contribution in [0.4, 0.5) is 0 Å². The number of likely N-dealkylation sites (tertiary alicyclic amines) is 1. The summed E-state index contributed by atoms with van der Waals surface area (Å²) in [7, 11) is 0. The third-order valence-electron chi connectivity index (χ3n) is 6.20. The normalized spacial score (nSPS) is 22.1. The van der Waals surface area contributed by atoms with E-state index in [2.05, 4.69) is 5.32 Å². The average molecular weight is 477 g/mol. The molecule has 4 unspecified atom stereocenters. The summed E-state index contributed by atoms with van der Waals surface area (Å²) >= 11 is 12.5. The molecule has 1 saturated heterocycles. The molecule has 1 fully saturated rings. The topological polar surface area (TPSA) is 69.6 Å². The van der Waals surface area contributed by atoms with E-state index in [1.807, 2.05) is 67.3 Å². The third-order valence-corrected chi connectivity index (χ3v) is 6.68. The molecule has 1 amide bonds. The molecule has 2 aromatic carbocycles. The summed E-state index contributed by atoms with van der Waals surface area (Å²) in [6, 6.07) is 14.9. The molecule has 172 valence electrons. The van der Waals surface area contributed by atoms with Crippen molar-refractivity contribution in [3.63, 3.8) is 0 Å². The molecule has 2 N–H and O–H groups in total. The molecule has 1 aliphatic rings. The van der Waals surface area contributed by atoms with Gasteiger partial charge in [0, 0.05) is 27.9 Å². The molecule has 1 aliphatic heterocycles. The minimum Gasteiger partial charge on any atom is -0.481 e. The van der Waals surface area contributed by atoms with Crippen LogP contribution in [0.3, 0.4) is 0 Å². The van der Waals surface area contributed by atoms with Crippen LogP contribution in [-0.2, 0) is 9.59 Å². The fourth-order valence-corrected chi connectivity index (χ4v) is 5.01. The SMILES string of the molecule is CCNCCC(C)N1C(=O)C(CC(=O)O)CC(c2cccc(Cl)c2)C1c1ccc(Cl)cc1. The first-order valence-corrected chi connectivity index (χ1v) is 11.8. The van der Waals surface area contributed by atoms with Gasteiger partial charge in [-0.1, -0.05) is 54.4 Å². The molecular formula is C25H30Cl2N2O3. The molecule has 0 aromatic heterocycles. The number of carboxylic acids is 1. The molecule has 0 bridgehead atoms. The van der Waals surface area contributed by atoms with Gasteiger partial charge in [0.25, 0.3) is 0 Å². The molecule has 3 rings (SSSR count). The number of hydrogen-bond acceptors (Lipinski definition) is 3. The monoisotopic (exact) mass is 476 g/mol. The summed E-state index contributed by atoms with van der Waals surface area (Å²) in [4.78, 5) is 27.1. The minimum atomic E-state index is -0.960. The van der Waals surface area contributed by atoms with Gasteiger partial charge in [0.05, 0.1) is 12.5 Å². The number of hydrogen-bond donors (Lipinski definition) is 2. The maximum atomic E-state index is 13.6.